The molecule has 2 aromatic heterocycles. The number of hydrogen-bond acceptors (Lipinski definition) is 4. The van der Waals surface area contributed by atoms with Gasteiger partial charge in [-0.15, -0.1) is 11.3 Å². The fraction of sp³-hybridized carbons (Fsp3) is 0.200. The van der Waals surface area contributed by atoms with Gasteiger partial charge < -0.3 is 5.11 Å². The Bertz CT molecular complexity index is 783. The van der Waals surface area contributed by atoms with Crippen molar-refractivity contribution in [2.24, 2.45) is 0 Å². The summed E-state index contributed by atoms with van der Waals surface area (Å²) in [6, 6.07) is 10.0. The molecule has 3 nitrogen and oxygen atoms in total. The highest BCUT2D eigenvalue weighted by Gasteiger charge is 2.16. The molecule has 0 saturated heterocycles. The summed E-state index contributed by atoms with van der Waals surface area (Å²) in [7, 11) is 0. The number of aliphatic hydroxyl groups is 1. The van der Waals surface area contributed by atoms with Crippen molar-refractivity contribution in [3.05, 3.63) is 45.4 Å². The van der Waals surface area contributed by atoms with Gasteiger partial charge >= 0.3 is 0 Å². The lowest BCUT2D eigenvalue weighted by Crippen LogP contribution is -1.89. The zero-order valence-corrected chi connectivity index (χ0v) is 13.5. The summed E-state index contributed by atoms with van der Waals surface area (Å²) in [6.45, 7) is 3.67. The third kappa shape index (κ3) is 2.37. The summed E-state index contributed by atoms with van der Waals surface area (Å²) in [5.74, 6) is 0. The van der Waals surface area contributed by atoms with Crippen LogP contribution in [-0.4, -0.2) is 15.1 Å². The maximum atomic E-state index is 9.74. The molecule has 3 rings (SSSR count). The van der Waals surface area contributed by atoms with Crippen LogP contribution in [0, 0.1) is 6.92 Å². The quantitative estimate of drug-likeness (QED) is 0.742. The summed E-state index contributed by atoms with van der Waals surface area (Å²) in [6.07, 6.45) is -0.500. The van der Waals surface area contributed by atoms with Gasteiger partial charge in [-0.25, -0.2) is 9.97 Å². The van der Waals surface area contributed by atoms with Crippen LogP contribution >= 0.6 is 27.3 Å². The van der Waals surface area contributed by atoms with Gasteiger partial charge in [0.15, 0.2) is 0 Å². The number of hydrogen-bond donors (Lipinski definition) is 1. The fourth-order valence-electron chi connectivity index (χ4n) is 2.14. The normalized spacial score (nSPS) is 12.8. The number of aromatic nitrogens is 2. The van der Waals surface area contributed by atoms with E-state index in [4.69, 9.17) is 0 Å². The van der Waals surface area contributed by atoms with Crippen LogP contribution < -0.4 is 0 Å². The third-order valence-corrected chi connectivity index (χ3v) is 5.03. The van der Waals surface area contributed by atoms with Crippen LogP contribution in [0.15, 0.2) is 34.8 Å². The van der Waals surface area contributed by atoms with Gasteiger partial charge in [-0.2, -0.15) is 0 Å². The molecule has 20 heavy (non-hydrogen) atoms. The summed E-state index contributed by atoms with van der Waals surface area (Å²) < 4.78 is 0.919. The number of aliphatic hydroxyl groups excluding tert-OH is 1. The van der Waals surface area contributed by atoms with E-state index >= 15 is 0 Å². The first-order chi connectivity index (χ1) is 9.56. The van der Waals surface area contributed by atoms with E-state index in [1.165, 1.54) is 11.3 Å². The number of aryl methyl sites for hydroxylation is 1. The number of pyridine rings is 1. The molecule has 1 atom stereocenters. The molecule has 1 N–H and O–H groups in total. The Kier molecular flexibility index (Phi) is 3.58. The van der Waals surface area contributed by atoms with Crippen LogP contribution in [0.25, 0.3) is 21.6 Å². The van der Waals surface area contributed by atoms with Crippen LogP contribution in [-0.2, 0) is 0 Å². The Labute approximate surface area is 129 Å². The molecule has 3 aromatic rings. The first kappa shape index (κ1) is 13.7. The standard InChI is InChI=1S/C15H13BrN2OS/c1-8-14(9(2)19)20-15(17-8)13-11(16)7-10-5-3-4-6-12(10)18-13/h3-7,9,19H,1-2H3. The maximum Gasteiger partial charge on any atom is 0.143 e. The first-order valence-corrected chi connectivity index (χ1v) is 7.88. The van der Waals surface area contributed by atoms with E-state index in [2.05, 4.69) is 32.0 Å². The molecule has 0 bridgehead atoms. The Balaban J connectivity index is 2.18. The van der Waals surface area contributed by atoms with Crippen LogP contribution in [0.3, 0.4) is 0 Å². The Hall–Kier alpha value is -1.30. The summed E-state index contributed by atoms with van der Waals surface area (Å²) in [5.41, 5.74) is 2.63. The van der Waals surface area contributed by atoms with Gasteiger partial charge in [-0.1, -0.05) is 18.2 Å². The van der Waals surface area contributed by atoms with E-state index in [0.29, 0.717) is 0 Å². The molecular weight excluding hydrogens is 336 g/mol. The fourth-order valence-corrected chi connectivity index (χ4v) is 3.80. The second-order valence-electron chi connectivity index (χ2n) is 4.66. The van der Waals surface area contributed by atoms with Gasteiger partial charge in [0, 0.05) is 9.86 Å². The van der Waals surface area contributed by atoms with E-state index < -0.39 is 6.10 Å². The van der Waals surface area contributed by atoms with Gasteiger partial charge in [0.05, 0.1) is 22.2 Å². The number of rotatable bonds is 2. The maximum absolute atomic E-state index is 9.74. The van der Waals surface area contributed by atoms with Gasteiger partial charge in [0.1, 0.15) is 10.7 Å². The topological polar surface area (TPSA) is 46.0 Å². The molecular formula is C15H13BrN2OS. The number of benzene rings is 1. The minimum Gasteiger partial charge on any atom is -0.388 e. The monoisotopic (exact) mass is 348 g/mol. The predicted octanol–water partition coefficient (Wildman–Crippen LogP) is 4.48. The molecule has 0 spiro atoms. The van der Waals surface area contributed by atoms with Gasteiger partial charge in [0.2, 0.25) is 0 Å². The number of thiazole rings is 1. The highest BCUT2D eigenvalue weighted by Crippen LogP contribution is 2.35. The highest BCUT2D eigenvalue weighted by molar-refractivity contribution is 9.10. The van der Waals surface area contributed by atoms with Crippen LogP contribution in [0.5, 0.6) is 0 Å². The molecule has 0 aliphatic carbocycles. The number of para-hydroxylation sites is 1. The molecule has 5 heteroatoms. The second-order valence-corrected chi connectivity index (χ2v) is 6.54. The molecule has 102 valence electrons. The molecule has 0 saturated carbocycles. The van der Waals surface area contributed by atoms with E-state index in [0.717, 1.165) is 36.6 Å². The molecule has 2 heterocycles. The van der Waals surface area contributed by atoms with Crippen LogP contribution in [0.4, 0.5) is 0 Å². The number of fused-ring (bicyclic) bond motifs is 1. The Morgan fingerprint density at radius 2 is 2.00 bits per heavy atom. The zero-order chi connectivity index (χ0) is 14.3. The zero-order valence-electron chi connectivity index (χ0n) is 11.1. The lowest BCUT2D eigenvalue weighted by Gasteiger charge is -2.03. The Morgan fingerprint density at radius 3 is 2.70 bits per heavy atom. The largest absolute Gasteiger partial charge is 0.388 e. The van der Waals surface area contributed by atoms with Gasteiger partial charge in [-0.05, 0) is 41.9 Å². The van der Waals surface area contributed by atoms with E-state index in [1.807, 2.05) is 31.2 Å². The minimum absolute atomic E-state index is 0.500. The smallest absolute Gasteiger partial charge is 0.143 e. The van der Waals surface area contributed by atoms with Crippen molar-refractivity contribution < 1.29 is 5.11 Å². The highest BCUT2D eigenvalue weighted by atomic mass is 79.9. The number of nitrogens with zero attached hydrogens (tertiary/aromatic N) is 2. The lowest BCUT2D eigenvalue weighted by atomic mass is 10.2. The van der Waals surface area contributed by atoms with E-state index in [-0.39, 0.29) is 0 Å². The molecule has 0 fully saturated rings. The second kappa shape index (κ2) is 5.24. The average Bonchev–Trinajstić information content (AvgIpc) is 2.80. The molecule has 0 radical (unpaired) electrons. The molecule has 1 aromatic carbocycles. The molecule has 0 aliphatic heterocycles. The van der Waals surface area contributed by atoms with Crippen LogP contribution in [0.2, 0.25) is 0 Å². The van der Waals surface area contributed by atoms with Crippen molar-refractivity contribution in [1.82, 2.24) is 9.97 Å². The summed E-state index contributed by atoms with van der Waals surface area (Å²) in [5, 5.41) is 11.7. The predicted molar refractivity (Wildman–Crippen MR) is 85.9 cm³/mol. The summed E-state index contributed by atoms with van der Waals surface area (Å²) >= 11 is 5.06. The third-order valence-electron chi connectivity index (χ3n) is 3.09. The molecule has 0 amide bonds. The first-order valence-electron chi connectivity index (χ1n) is 6.27. The SMILES string of the molecule is Cc1nc(-c2nc3ccccc3cc2Br)sc1C(C)O. The van der Waals surface area contributed by atoms with Crippen LogP contribution in [0.1, 0.15) is 23.6 Å². The Morgan fingerprint density at radius 1 is 1.25 bits per heavy atom. The van der Waals surface area contributed by atoms with Crippen molar-refractivity contribution in [2.75, 3.05) is 0 Å². The van der Waals surface area contributed by atoms with Crippen molar-refractivity contribution >= 4 is 38.2 Å². The minimum atomic E-state index is -0.500. The van der Waals surface area contributed by atoms with Gasteiger partial charge in [-0.3, -0.25) is 0 Å². The lowest BCUT2D eigenvalue weighted by molar-refractivity contribution is 0.202. The average molecular weight is 349 g/mol. The van der Waals surface area contributed by atoms with E-state index in [9.17, 15) is 5.11 Å². The van der Waals surface area contributed by atoms with Gasteiger partial charge in [0.25, 0.3) is 0 Å². The van der Waals surface area contributed by atoms with E-state index in [1.54, 1.807) is 6.92 Å². The molecule has 1 unspecified atom stereocenters. The number of halogens is 1. The van der Waals surface area contributed by atoms with Crippen molar-refractivity contribution in [2.45, 2.75) is 20.0 Å². The van der Waals surface area contributed by atoms with Crippen molar-refractivity contribution in [3.63, 3.8) is 0 Å². The summed E-state index contributed by atoms with van der Waals surface area (Å²) in [4.78, 5) is 10.1. The van der Waals surface area contributed by atoms with Crippen molar-refractivity contribution in [1.29, 1.82) is 0 Å². The molecule has 0 aliphatic rings. The van der Waals surface area contributed by atoms with Crippen molar-refractivity contribution in [3.8, 4) is 10.7 Å².